The van der Waals surface area contributed by atoms with E-state index in [0.717, 1.165) is 22.0 Å². The van der Waals surface area contributed by atoms with E-state index in [1.54, 1.807) is 29.2 Å². The molecule has 162 valence electrons. The molecule has 7 heteroatoms. The molecule has 3 aromatic carbocycles. The highest BCUT2D eigenvalue weighted by Gasteiger charge is 2.47. The molecule has 6 nitrogen and oxygen atoms in total. The Kier molecular flexibility index (Phi) is 5.35. The van der Waals surface area contributed by atoms with Crippen LogP contribution < -0.4 is 4.74 Å². The maximum absolute atomic E-state index is 12.7. The number of carboxylic acid groups (broad SMARTS) is 1. The van der Waals surface area contributed by atoms with Crippen LogP contribution in [0.25, 0.3) is 0 Å². The molecule has 0 radical (unpaired) electrons. The Hall–Kier alpha value is -3.32. The standard InChI is InChI=1S/C25H20BrNO5/c26-18-8-9-21(31-19-6-3-4-15(10-19)11-23(28)29)17(12-18)14-27-24-20-7-2-1-5-16(20)13-22(24)32-25(27)30/h1-10,12,22,24H,11,13-14H2,(H,28,29). The molecule has 2 unspecified atom stereocenters. The van der Waals surface area contributed by atoms with E-state index in [4.69, 9.17) is 14.6 Å². The molecule has 1 aliphatic heterocycles. The molecule has 0 spiro atoms. The Morgan fingerprint density at radius 3 is 2.81 bits per heavy atom. The van der Waals surface area contributed by atoms with E-state index in [1.165, 1.54) is 5.56 Å². The summed E-state index contributed by atoms with van der Waals surface area (Å²) in [6, 6.07) is 20.7. The number of amides is 1. The molecule has 1 saturated heterocycles. The maximum atomic E-state index is 12.7. The van der Waals surface area contributed by atoms with Crippen LogP contribution in [0.3, 0.4) is 0 Å². The van der Waals surface area contributed by atoms with E-state index in [0.29, 0.717) is 23.6 Å². The van der Waals surface area contributed by atoms with Gasteiger partial charge in [0, 0.05) is 16.5 Å². The van der Waals surface area contributed by atoms with Gasteiger partial charge in [-0.3, -0.25) is 9.69 Å². The third-order valence-electron chi connectivity index (χ3n) is 5.81. The lowest BCUT2D eigenvalue weighted by Gasteiger charge is -2.23. The van der Waals surface area contributed by atoms with Crippen molar-refractivity contribution in [2.45, 2.75) is 31.5 Å². The molecule has 2 aliphatic rings. The lowest BCUT2D eigenvalue weighted by atomic mass is 10.1. The number of ether oxygens (including phenoxy) is 2. The zero-order valence-corrected chi connectivity index (χ0v) is 18.6. The first-order valence-corrected chi connectivity index (χ1v) is 11.1. The number of halogens is 1. The Morgan fingerprint density at radius 2 is 1.97 bits per heavy atom. The summed E-state index contributed by atoms with van der Waals surface area (Å²) in [5.41, 5.74) is 3.82. The topological polar surface area (TPSA) is 76.1 Å². The van der Waals surface area contributed by atoms with E-state index in [2.05, 4.69) is 28.1 Å². The Morgan fingerprint density at radius 1 is 1.12 bits per heavy atom. The number of aliphatic carboxylic acids is 1. The van der Waals surface area contributed by atoms with Crippen LogP contribution in [-0.4, -0.2) is 28.2 Å². The number of carbonyl (C=O) groups is 2. The van der Waals surface area contributed by atoms with Crippen LogP contribution in [0.5, 0.6) is 11.5 Å². The predicted molar refractivity (Wildman–Crippen MR) is 121 cm³/mol. The quantitative estimate of drug-likeness (QED) is 0.491. The molecule has 32 heavy (non-hydrogen) atoms. The average molecular weight is 494 g/mol. The van der Waals surface area contributed by atoms with Gasteiger partial charge in [-0.05, 0) is 47.0 Å². The third kappa shape index (κ3) is 3.96. The minimum absolute atomic E-state index is 0.0769. The smallest absolute Gasteiger partial charge is 0.411 e. The van der Waals surface area contributed by atoms with Crippen LogP contribution in [0.4, 0.5) is 4.79 Å². The van der Waals surface area contributed by atoms with Crippen molar-refractivity contribution in [3.8, 4) is 11.5 Å². The molecule has 2 atom stereocenters. The van der Waals surface area contributed by atoms with Crippen molar-refractivity contribution in [1.82, 2.24) is 4.90 Å². The molecule has 1 fully saturated rings. The van der Waals surface area contributed by atoms with Gasteiger partial charge in [-0.15, -0.1) is 0 Å². The summed E-state index contributed by atoms with van der Waals surface area (Å²) in [7, 11) is 0. The lowest BCUT2D eigenvalue weighted by molar-refractivity contribution is -0.136. The van der Waals surface area contributed by atoms with Gasteiger partial charge in [-0.25, -0.2) is 4.79 Å². The van der Waals surface area contributed by atoms with Gasteiger partial charge in [-0.1, -0.05) is 52.3 Å². The molecular formula is C25H20BrNO5. The highest BCUT2D eigenvalue weighted by Crippen LogP contribution is 2.44. The van der Waals surface area contributed by atoms with Crippen molar-refractivity contribution < 1.29 is 24.2 Å². The summed E-state index contributed by atoms with van der Waals surface area (Å²) in [5.74, 6) is 0.244. The zero-order chi connectivity index (χ0) is 22.2. The van der Waals surface area contributed by atoms with Crippen LogP contribution in [0.15, 0.2) is 71.2 Å². The van der Waals surface area contributed by atoms with Crippen molar-refractivity contribution in [2.24, 2.45) is 0 Å². The minimum Gasteiger partial charge on any atom is -0.481 e. The van der Waals surface area contributed by atoms with Gasteiger partial charge in [0.25, 0.3) is 0 Å². The number of nitrogens with zero attached hydrogens (tertiary/aromatic N) is 1. The number of hydrogen-bond donors (Lipinski definition) is 1. The summed E-state index contributed by atoms with van der Waals surface area (Å²) >= 11 is 3.51. The van der Waals surface area contributed by atoms with E-state index >= 15 is 0 Å². The van der Waals surface area contributed by atoms with Gasteiger partial charge in [0.1, 0.15) is 17.6 Å². The SMILES string of the molecule is O=C(O)Cc1cccc(Oc2ccc(Br)cc2CN2C(=O)OC3Cc4ccccc4C32)c1. The lowest BCUT2D eigenvalue weighted by Crippen LogP contribution is -2.27. The molecule has 3 aromatic rings. The van der Waals surface area contributed by atoms with E-state index in [1.807, 2.05) is 30.3 Å². The first-order valence-electron chi connectivity index (χ1n) is 10.3. The first-order chi connectivity index (χ1) is 15.5. The zero-order valence-electron chi connectivity index (χ0n) is 17.0. The van der Waals surface area contributed by atoms with Crippen molar-refractivity contribution in [3.63, 3.8) is 0 Å². The van der Waals surface area contributed by atoms with Crippen LogP contribution in [0, 0.1) is 0 Å². The molecule has 0 aromatic heterocycles. The normalized spacial score (nSPS) is 18.8. The Balaban J connectivity index is 1.43. The van der Waals surface area contributed by atoms with E-state index in [9.17, 15) is 9.59 Å². The van der Waals surface area contributed by atoms with Crippen molar-refractivity contribution in [3.05, 3.63) is 93.5 Å². The maximum Gasteiger partial charge on any atom is 0.411 e. The van der Waals surface area contributed by atoms with E-state index < -0.39 is 5.97 Å². The van der Waals surface area contributed by atoms with E-state index in [-0.39, 0.29) is 24.7 Å². The molecule has 0 bridgehead atoms. The second-order valence-electron chi connectivity index (χ2n) is 7.97. The van der Waals surface area contributed by atoms with Gasteiger partial charge in [0.15, 0.2) is 0 Å². The fraction of sp³-hybridized carbons (Fsp3) is 0.200. The number of rotatable bonds is 6. The summed E-state index contributed by atoms with van der Waals surface area (Å²) in [6.07, 6.45) is 0.140. The molecular weight excluding hydrogens is 474 g/mol. The molecule has 1 heterocycles. The Bertz CT molecular complexity index is 1210. The summed E-state index contributed by atoms with van der Waals surface area (Å²) in [6.45, 7) is 0.331. The molecule has 0 saturated carbocycles. The number of benzene rings is 3. The van der Waals surface area contributed by atoms with Gasteiger partial charge in [0.2, 0.25) is 0 Å². The largest absolute Gasteiger partial charge is 0.481 e. The third-order valence-corrected chi connectivity index (χ3v) is 6.31. The molecule has 1 aliphatic carbocycles. The second-order valence-corrected chi connectivity index (χ2v) is 8.89. The average Bonchev–Trinajstić information content (AvgIpc) is 3.25. The summed E-state index contributed by atoms with van der Waals surface area (Å²) in [5, 5.41) is 9.06. The van der Waals surface area contributed by atoms with Crippen LogP contribution in [0.2, 0.25) is 0 Å². The van der Waals surface area contributed by atoms with Gasteiger partial charge in [0.05, 0.1) is 19.0 Å². The number of carboxylic acids is 1. The second kappa shape index (κ2) is 8.31. The number of carbonyl (C=O) groups excluding carboxylic acids is 1. The van der Waals surface area contributed by atoms with Crippen LogP contribution in [0.1, 0.15) is 28.3 Å². The highest BCUT2D eigenvalue weighted by molar-refractivity contribution is 9.10. The fourth-order valence-corrected chi connectivity index (χ4v) is 4.87. The van der Waals surface area contributed by atoms with Crippen molar-refractivity contribution in [1.29, 1.82) is 0 Å². The van der Waals surface area contributed by atoms with Crippen LogP contribution in [-0.2, 0) is 28.9 Å². The van der Waals surface area contributed by atoms with Gasteiger partial charge in [-0.2, -0.15) is 0 Å². The fourth-order valence-electron chi connectivity index (χ4n) is 4.46. The van der Waals surface area contributed by atoms with Crippen LogP contribution >= 0.6 is 15.9 Å². The Labute approximate surface area is 193 Å². The van der Waals surface area contributed by atoms with Gasteiger partial charge < -0.3 is 14.6 Å². The predicted octanol–water partition coefficient (Wildman–Crippen LogP) is 5.49. The molecule has 5 rings (SSSR count). The monoisotopic (exact) mass is 493 g/mol. The highest BCUT2D eigenvalue weighted by atomic mass is 79.9. The summed E-state index contributed by atoms with van der Waals surface area (Å²) in [4.78, 5) is 25.5. The molecule has 1 amide bonds. The first kappa shape index (κ1) is 20.6. The van der Waals surface area contributed by atoms with Crippen molar-refractivity contribution >= 4 is 28.0 Å². The number of fused-ring (bicyclic) bond motifs is 3. The number of hydrogen-bond acceptors (Lipinski definition) is 4. The van der Waals surface area contributed by atoms with Crippen molar-refractivity contribution in [2.75, 3.05) is 0 Å². The molecule has 1 N–H and O–H groups in total. The summed E-state index contributed by atoms with van der Waals surface area (Å²) < 4.78 is 12.7. The minimum atomic E-state index is -0.898. The van der Waals surface area contributed by atoms with Gasteiger partial charge >= 0.3 is 12.1 Å².